The molecule has 22 heavy (non-hydrogen) atoms. The third kappa shape index (κ3) is 3.87. The molecule has 2 rings (SSSR count). The van der Waals surface area contributed by atoms with E-state index >= 15 is 0 Å². The van der Waals surface area contributed by atoms with E-state index in [0.29, 0.717) is 28.3 Å². The minimum absolute atomic E-state index is 0.160. The molecule has 5 heteroatoms. The van der Waals surface area contributed by atoms with Crippen molar-refractivity contribution in [2.75, 3.05) is 7.11 Å². The molecule has 0 saturated carbocycles. The van der Waals surface area contributed by atoms with Crippen molar-refractivity contribution in [1.82, 2.24) is 0 Å². The van der Waals surface area contributed by atoms with Crippen molar-refractivity contribution >= 4 is 34.2 Å². The Hall–Kier alpha value is -1.84. The van der Waals surface area contributed by atoms with E-state index in [1.54, 1.807) is 36.4 Å². The Kier molecular flexibility index (Phi) is 5.58. The lowest BCUT2D eigenvalue weighted by molar-refractivity contribution is -0.111. The van der Waals surface area contributed by atoms with Crippen LogP contribution in [0.25, 0.3) is 0 Å². The molecule has 0 fully saturated rings. The highest BCUT2D eigenvalue weighted by Gasteiger charge is 2.17. The maximum atomic E-state index is 12.6. The van der Waals surface area contributed by atoms with E-state index in [0.717, 1.165) is 5.56 Å². The highest BCUT2D eigenvalue weighted by atomic mass is 35.5. The predicted molar refractivity (Wildman–Crippen MR) is 87.1 cm³/mol. The van der Waals surface area contributed by atoms with Gasteiger partial charge in [-0.1, -0.05) is 23.7 Å². The average Bonchev–Trinajstić information content (AvgIpc) is 2.52. The van der Waals surface area contributed by atoms with Gasteiger partial charge in [-0.05, 0) is 53.9 Å². The minimum Gasteiger partial charge on any atom is -0.496 e. The summed E-state index contributed by atoms with van der Waals surface area (Å²) in [4.78, 5) is 23.5. The van der Waals surface area contributed by atoms with Gasteiger partial charge in [0.2, 0.25) is 5.24 Å². The van der Waals surface area contributed by atoms with Crippen LogP contribution in [0.3, 0.4) is 0 Å². The molecule has 0 aromatic heterocycles. The first-order chi connectivity index (χ1) is 10.5. The third-order valence-electron chi connectivity index (χ3n) is 3.24. The molecular weight excluding hydrogens is 323 g/mol. The predicted octanol–water partition coefficient (Wildman–Crippen LogP) is 4.28. The van der Waals surface area contributed by atoms with Crippen molar-refractivity contribution in [3.63, 3.8) is 0 Å². The number of hydrogen-bond acceptors (Lipinski definition) is 3. The number of benzene rings is 2. The molecule has 0 heterocycles. The smallest absolute Gasteiger partial charge is 0.221 e. The van der Waals surface area contributed by atoms with E-state index in [9.17, 15) is 9.59 Å². The number of methoxy groups -OCH3 is 1. The fraction of sp³-hybridized carbons (Fsp3) is 0.176. The van der Waals surface area contributed by atoms with Crippen LogP contribution in [0.5, 0.6) is 5.75 Å². The van der Waals surface area contributed by atoms with Crippen molar-refractivity contribution in [1.29, 1.82) is 0 Å². The zero-order valence-electron chi connectivity index (χ0n) is 11.9. The van der Waals surface area contributed by atoms with Crippen LogP contribution in [0.1, 0.15) is 27.9 Å². The van der Waals surface area contributed by atoms with Gasteiger partial charge in [-0.15, -0.1) is 0 Å². The molecule has 0 bridgehead atoms. The molecule has 0 saturated heterocycles. The Bertz CT molecular complexity index is 694. The van der Waals surface area contributed by atoms with Gasteiger partial charge in [0.25, 0.3) is 0 Å². The lowest BCUT2D eigenvalue weighted by Gasteiger charge is -2.12. The molecule has 0 aliphatic rings. The number of carbonyl (C=O) groups is 2. The second-order valence-electron chi connectivity index (χ2n) is 4.69. The lowest BCUT2D eigenvalue weighted by Crippen LogP contribution is -2.06. The van der Waals surface area contributed by atoms with Crippen LogP contribution >= 0.6 is 23.2 Å². The van der Waals surface area contributed by atoms with Gasteiger partial charge in [0.15, 0.2) is 5.78 Å². The van der Waals surface area contributed by atoms with Crippen LogP contribution in [0.15, 0.2) is 42.5 Å². The molecular formula is C17H14Cl2O3. The highest BCUT2D eigenvalue weighted by molar-refractivity contribution is 6.63. The maximum Gasteiger partial charge on any atom is 0.221 e. The Morgan fingerprint density at radius 2 is 1.77 bits per heavy atom. The SMILES string of the molecule is COc1c(CCC(=O)Cl)cccc1C(=O)c1ccc(Cl)cc1. The minimum atomic E-state index is -0.420. The van der Waals surface area contributed by atoms with E-state index in [2.05, 4.69) is 0 Å². The summed E-state index contributed by atoms with van der Waals surface area (Å²) in [7, 11) is 1.50. The number of rotatable bonds is 6. The van der Waals surface area contributed by atoms with Gasteiger partial charge < -0.3 is 4.74 Å². The van der Waals surface area contributed by atoms with E-state index in [1.807, 2.05) is 6.07 Å². The van der Waals surface area contributed by atoms with Gasteiger partial charge in [0.05, 0.1) is 12.7 Å². The van der Waals surface area contributed by atoms with Crippen LogP contribution in [0.4, 0.5) is 0 Å². The number of carbonyl (C=O) groups excluding carboxylic acids is 2. The van der Waals surface area contributed by atoms with Crippen LogP contribution in [-0.2, 0) is 11.2 Å². The maximum absolute atomic E-state index is 12.6. The Morgan fingerprint density at radius 1 is 1.09 bits per heavy atom. The van der Waals surface area contributed by atoms with Gasteiger partial charge in [-0.2, -0.15) is 0 Å². The molecule has 2 aromatic carbocycles. The number of ketones is 1. The third-order valence-corrected chi connectivity index (χ3v) is 3.68. The standard InChI is InChI=1S/C17H14Cl2O3/c1-22-17-12(7-10-15(19)20)3-2-4-14(17)16(21)11-5-8-13(18)9-6-11/h2-6,8-9H,7,10H2,1H3. The summed E-state index contributed by atoms with van der Waals surface area (Å²) in [6.45, 7) is 0. The van der Waals surface area contributed by atoms with Gasteiger partial charge in [-0.3, -0.25) is 9.59 Å². The first-order valence-electron chi connectivity index (χ1n) is 6.67. The van der Waals surface area contributed by atoms with Gasteiger partial charge in [-0.25, -0.2) is 0 Å². The van der Waals surface area contributed by atoms with Crippen LogP contribution < -0.4 is 4.74 Å². The molecule has 3 nitrogen and oxygen atoms in total. The number of halogens is 2. The Balaban J connectivity index is 2.37. The molecule has 0 aliphatic heterocycles. The molecule has 0 atom stereocenters. The Morgan fingerprint density at radius 3 is 2.36 bits per heavy atom. The number of ether oxygens (including phenoxy) is 1. The van der Waals surface area contributed by atoms with E-state index in [-0.39, 0.29) is 12.2 Å². The summed E-state index contributed by atoms with van der Waals surface area (Å²) in [6.07, 6.45) is 0.615. The largest absolute Gasteiger partial charge is 0.496 e. The first-order valence-corrected chi connectivity index (χ1v) is 7.43. The summed E-state index contributed by atoms with van der Waals surface area (Å²) in [5.41, 5.74) is 1.74. The average molecular weight is 337 g/mol. The molecule has 0 spiro atoms. The van der Waals surface area contributed by atoms with Crippen molar-refractivity contribution in [3.8, 4) is 5.75 Å². The summed E-state index contributed by atoms with van der Waals surface area (Å²) in [5.74, 6) is 0.313. The van der Waals surface area contributed by atoms with E-state index in [1.165, 1.54) is 7.11 Å². The second kappa shape index (κ2) is 7.43. The van der Waals surface area contributed by atoms with Crippen molar-refractivity contribution in [3.05, 3.63) is 64.2 Å². The van der Waals surface area contributed by atoms with Crippen molar-refractivity contribution < 1.29 is 14.3 Å². The normalized spacial score (nSPS) is 10.3. The number of aryl methyl sites for hydroxylation is 1. The topological polar surface area (TPSA) is 43.4 Å². The monoisotopic (exact) mass is 336 g/mol. The molecule has 2 aromatic rings. The van der Waals surface area contributed by atoms with E-state index < -0.39 is 5.24 Å². The number of para-hydroxylation sites is 1. The Labute approximate surface area is 138 Å². The fourth-order valence-corrected chi connectivity index (χ4v) is 2.41. The van der Waals surface area contributed by atoms with E-state index in [4.69, 9.17) is 27.9 Å². The second-order valence-corrected chi connectivity index (χ2v) is 5.55. The number of hydrogen-bond donors (Lipinski definition) is 0. The highest BCUT2D eigenvalue weighted by Crippen LogP contribution is 2.28. The summed E-state index contributed by atoms with van der Waals surface area (Å²) in [6, 6.07) is 11.9. The molecule has 0 radical (unpaired) electrons. The quantitative estimate of drug-likeness (QED) is 0.584. The first kappa shape index (κ1) is 16.5. The van der Waals surface area contributed by atoms with Crippen LogP contribution in [0.2, 0.25) is 5.02 Å². The van der Waals surface area contributed by atoms with Gasteiger partial charge in [0.1, 0.15) is 5.75 Å². The van der Waals surface area contributed by atoms with Crippen LogP contribution in [0, 0.1) is 0 Å². The van der Waals surface area contributed by atoms with Crippen molar-refractivity contribution in [2.45, 2.75) is 12.8 Å². The molecule has 114 valence electrons. The molecule has 0 unspecified atom stereocenters. The summed E-state index contributed by atoms with van der Waals surface area (Å²) < 4.78 is 5.37. The molecule has 0 amide bonds. The molecule has 0 N–H and O–H groups in total. The van der Waals surface area contributed by atoms with Crippen LogP contribution in [-0.4, -0.2) is 18.1 Å². The van der Waals surface area contributed by atoms with Crippen molar-refractivity contribution in [2.24, 2.45) is 0 Å². The summed E-state index contributed by atoms with van der Waals surface area (Å²) >= 11 is 11.2. The molecule has 0 aliphatic carbocycles. The zero-order valence-corrected chi connectivity index (χ0v) is 13.4. The van der Waals surface area contributed by atoms with Gasteiger partial charge in [0, 0.05) is 17.0 Å². The fourth-order valence-electron chi connectivity index (χ4n) is 2.19. The zero-order chi connectivity index (χ0) is 16.1. The van der Waals surface area contributed by atoms with Gasteiger partial charge >= 0.3 is 0 Å². The summed E-state index contributed by atoms with van der Waals surface area (Å²) in [5, 5.41) is 0.148. The lowest BCUT2D eigenvalue weighted by atomic mass is 9.98.